The van der Waals surface area contributed by atoms with Crippen LogP contribution in [0.1, 0.15) is 22.8 Å². The van der Waals surface area contributed by atoms with Crippen molar-refractivity contribution in [1.29, 1.82) is 0 Å². The zero-order valence-corrected chi connectivity index (χ0v) is 15.5. The van der Waals surface area contributed by atoms with E-state index in [0.29, 0.717) is 23.6 Å². The van der Waals surface area contributed by atoms with E-state index in [4.69, 9.17) is 14.2 Å². The number of amides is 1. The fourth-order valence-corrected chi connectivity index (χ4v) is 2.56. The molecule has 0 bridgehead atoms. The van der Waals surface area contributed by atoms with E-state index in [-0.39, 0.29) is 12.7 Å². The summed E-state index contributed by atoms with van der Waals surface area (Å²) in [5.74, 6) is 0.437. The maximum Gasteiger partial charge on any atom is 0.338 e. The van der Waals surface area contributed by atoms with E-state index in [2.05, 4.69) is 5.32 Å². The van der Waals surface area contributed by atoms with E-state index >= 15 is 0 Å². The number of benzene rings is 2. The molecule has 0 aliphatic carbocycles. The van der Waals surface area contributed by atoms with Gasteiger partial charge in [-0.05, 0) is 48.9 Å². The first-order chi connectivity index (χ1) is 12.9. The number of anilines is 1. The van der Waals surface area contributed by atoms with Crippen molar-refractivity contribution in [2.75, 3.05) is 25.8 Å². The van der Waals surface area contributed by atoms with Crippen LogP contribution < -0.4 is 19.7 Å². The number of carbonyl (C=O) groups excluding carboxylic acids is 2. The largest absolute Gasteiger partial charge is 0.454 e. The second-order valence-corrected chi connectivity index (χ2v) is 6.39. The van der Waals surface area contributed by atoms with Gasteiger partial charge in [0.05, 0.1) is 5.56 Å². The van der Waals surface area contributed by atoms with E-state index in [9.17, 15) is 9.59 Å². The summed E-state index contributed by atoms with van der Waals surface area (Å²) in [5, 5.41) is 2.75. The average molecular weight is 370 g/mol. The van der Waals surface area contributed by atoms with E-state index < -0.39 is 12.1 Å². The Morgan fingerprint density at radius 2 is 1.81 bits per heavy atom. The minimum Gasteiger partial charge on any atom is -0.454 e. The summed E-state index contributed by atoms with van der Waals surface area (Å²) in [6, 6.07) is 12.4. The molecular formula is C20H22N2O5. The summed E-state index contributed by atoms with van der Waals surface area (Å²) in [6.07, 6.45) is -0.903. The molecule has 1 aliphatic rings. The fraction of sp³-hybridized carbons (Fsp3) is 0.300. The van der Waals surface area contributed by atoms with Crippen molar-refractivity contribution in [2.45, 2.75) is 19.6 Å². The number of fused-ring (bicyclic) bond motifs is 1. The Balaban J connectivity index is 1.51. The molecule has 0 saturated carbocycles. The third-order valence-electron chi connectivity index (χ3n) is 4.18. The van der Waals surface area contributed by atoms with Crippen LogP contribution in [0, 0.1) is 0 Å². The Morgan fingerprint density at radius 1 is 1.11 bits per heavy atom. The van der Waals surface area contributed by atoms with Crippen molar-refractivity contribution in [3.8, 4) is 11.5 Å². The number of esters is 1. The highest BCUT2D eigenvalue weighted by atomic mass is 16.7. The minimum absolute atomic E-state index is 0.202. The van der Waals surface area contributed by atoms with Crippen molar-refractivity contribution in [3.63, 3.8) is 0 Å². The van der Waals surface area contributed by atoms with Gasteiger partial charge in [-0.2, -0.15) is 0 Å². The van der Waals surface area contributed by atoms with Crippen molar-refractivity contribution in [2.24, 2.45) is 0 Å². The number of nitrogens with zero attached hydrogens (tertiary/aromatic N) is 1. The maximum absolute atomic E-state index is 12.2. The molecule has 7 heteroatoms. The predicted molar refractivity (Wildman–Crippen MR) is 100 cm³/mol. The topological polar surface area (TPSA) is 77.1 Å². The molecule has 1 atom stereocenters. The van der Waals surface area contributed by atoms with Crippen LogP contribution in [-0.2, 0) is 16.1 Å². The lowest BCUT2D eigenvalue weighted by atomic mass is 10.2. The first kappa shape index (κ1) is 18.6. The summed E-state index contributed by atoms with van der Waals surface area (Å²) >= 11 is 0. The van der Waals surface area contributed by atoms with Gasteiger partial charge in [-0.1, -0.05) is 6.07 Å². The van der Waals surface area contributed by atoms with Gasteiger partial charge in [-0.25, -0.2) is 4.79 Å². The van der Waals surface area contributed by atoms with Gasteiger partial charge >= 0.3 is 5.97 Å². The van der Waals surface area contributed by atoms with Crippen LogP contribution in [0.4, 0.5) is 5.69 Å². The second-order valence-electron chi connectivity index (χ2n) is 6.39. The number of hydrogen-bond acceptors (Lipinski definition) is 6. The zero-order chi connectivity index (χ0) is 19.4. The molecular weight excluding hydrogens is 348 g/mol. The summed E-state index contributed by atoms with van der Waals surface area (Å²) in [7, 11) is 3.83. The normalized spacial score (nSPS) is 13.0. The Morgan fingerprint density at radius 3 is 2.52 bits per heavy atom. The number of hydrogen-bond donors (Lipinski definition) is 1. The highest BCUT2D eigenvalue weighted by Gasteiger charge is 2.19. The van der Waals surface area contributed by atoms with Gasteiger partial charge in [0, 0.05) is 26.3 Å². The van der Waals surface area contributed by atoms with Gasteiger partial charge in [-0.3, -0.25) is 4.79 Å². The lowest BCUT2D eigenvalue weighted by molar-refractivity contribution is -0.129. The van der Waals surface area contributed by atoms with E-state index in [0.717, 1.165) is 11.3 Å². The third-order valence-corrected chi connectivity index (χ3v) is 4.18. The molecule has 27 heavy (non-hydrogen) atoms. The molecule has 0 radical (unpaired) electrons. The number of carbonyl (C=O) groups is 2. The third kappa shape index (κ3) is 4.49. The molecule has 142 valence electrons. The SMILES string of the molecule is C[C@H](OC(=O)c1ccc(N(C)C)cc1)C(=O)NCc1ccc2c(c1)OCO2. The van der Waals surface area contributed by atoms with Crippen LogP contribution in [0.3, 0.4) is 0 Å². The highest BCUT2D eigenvalue weighted by Crippen LogP contribution is 2.32. The Kier molecular flexibility index (Phi) is 5.49. The molecule has 0 saturated heterocycles. The van der Waals surface area contributed by atoms with Gasteiger partial charge < -0.3 is 24.4 Å². The smallest absolute Gasteiger partial charge is 0.338 e. The minimum atomic E-state index is -0.903. The van der Waals surface area contributed by atoms with E-state index in [1.165, 1.54) is 0 Å². The van der Waals surface area contributed by atoms with E-state index in [1.807, 2.05) is 43.3 Å². The first-order valence-electron chi connectivity index (χ1n) is 8.58. The number of rotatable bonds is 6. The number of nitrogens with one attached hydrogen (secondary N) is 1. The van der Waals surface area contributed by atoms with Crippen LogP contribution in [0.25, 0.3) is 0 Å². The first-order valence-corrected chi connectivity index (χ1v) is 8.58. The molecule has 7 nitrogen and oxygen atoms in total. The van der Waals surface area contributed by atoms with Crippen molar-refractivity contribution < 1.29 is 23.8 Å². The van der Waals surface area contributed by atoms with Crippen LogP contribution in [-0.4, -0.2) is 38.9 Å². The van der Waals surface area contributed by atoms with Crippen LogP contribution in [0.2, 0.25) is 0 Å². The van der Waals surface area contributed by atoms with Crippen molar-refractivity contribution in [3.05, 3.63) is 53.6 Å². The van der Waals surface area contributed by atoms with E-state index in [1.54, 1.807) is 25.1 Å². The summed E-state index contributed by atoms with van der Waals surface area (Å²) < 4.78 is 15.8. The summed E-state index contributed by atoms with van der Waals surface area (Å²) in [5.41, 5.74) is 2.24. The van der Waals surface area contributed by atoms with Crippen molar-refractivity contribution in [1.82, 2.24) is 5.32 Å². The molecule has 1 heterocycles. The second kappa shape index (κ2) is 7.99. The molecule has 1 aliphatic heterocycles. The molecule has 0 spiro atoms. The summed E-state index contributed by atoms with van der Waals surface area (Å²) in [6.45, 7) is 2.05. The molecule has 3 rings (SSSR count). The van der Waals surface area contributed by atoms with Gasteiger partial charge in [0.1, 0.15) is 0 Å². The Labute approximate surface area is 157 Å². The van der Waals surface area contributed by atoms with Gasteiger partial charge in [-0.15, -0.1) is 0 Å². The Hall–Kier alpha value is -3.22. The molecule has 0 fully saturated rings. The maximum atomic E-state index is 12.2. The molecule has 2 aromatic rings. The quantitative estimate of drug-likeness (QED) is 0.787. The molecule has 1 N–H and O–H groups in total. The lowest BCUT2D eigenvalue weighted by Gasteiger charge is -2.15. The van der Waals surface area contributed by atoms with Crippen molar-refractivity contribution >= 4 is 17.6 Å². The van der Waals surface area contributed by atoms with Gasteiger partial charge in [0.25, 0.3) is 5.91 Å². The zero-order valence-electron chi connectivity index (χ0n) is 15.5. The standard InChI is InChI=1S/C20H22N2O5/c1-13(27-20(24)15-5-7-16(8-6-15)22(2)3)19(23)21-11-14-4-9-17-18(10-14)26-12-25-17/h4-10,13H,11-12H2,1-3H3,(H,21,23)/t13-/m0/s1. The monoisotopic (exact) mass is 370 g/mol. The molecule has 2 aromatic carbocycles. The molecule has 0 aromatic heterocycles. The van der Waals surface area contributed by atoms with Crippen LogP contribution in [0.15, 0.2) is 42.5 Å². The van der Waals surface area contributed by atoms with Crippen LogP contribution >= 0.6 is 0 Å². The fourth-order valence-electron chi connectivity index (χ4n) is 2.56. The molecule has 1 amide bonds. The van der Waals surface area contributed by atoms with Gasteiger partial charge in [0.15, 0.2) is 17.6 Å². The molecule has 0 unspecified atom stereocenters. The lowest BCUT2D eigenvalue weighted by Crippen LogP contribution is -2.35. The predicted octanol–water partition coefficient (Wildman–Crippen LogP) is 2.34. The highest BCUT2D eigenvalue weighted by molar-refractivity contribution is 5.92. The number of ether oxygens (including phenoxy) is 3. The average Bonchev–Trinajstić information content (AvgIpc) is 3.13. The van der Waals surface area contributed by atoms with Gasteiger partial charge in [0.2, 0.25) is 6.79 Å². The summed E-state index contributed by atoms with van der Waals surface area (Å²) in [4.78, 5) is 26.3. The van der Waals surface area contributed by atoms with Crippen LogP contribution in [0.5, 0.6) is 11.5 Å². The Bertz CT molecular complexity index is 833.